The Morgan fingerprint density at radius 1 is 1.00 bits per heavy atom. The Hall–Kier alpha value is -2.20. The lowest BCUT2D eigenvalue weighted by Gasteiger charge is -2.09. The van der Waals surface area contributed by atoms with E-state index in [1.165, 1.54) is 24.3 Å². The van der Waals surface area contributed by atoms with Crippen LogP contribution in [0.3, 0.4) is 0 Å². The first-order chi connectivity index (χ1) is 12.5. The van der Waals surface area contributed by atoms with Gasteiger partial charge in [-0.2, -0.15) is 0 Å². The van der Waals surface area contributed by atoms with Crippen molar-refractivity contribution in [2.75, 3.05) is 0 Å². The summed E-state index contributed by atoms with van der Waals surface area (Å²) in [7, 11) is 0. The van der Waals surface area contributed by atoms with Gasteiger partial charge in [-0.1, -0.05) is 26.2 Å². The molecule has 2 aromatic rings. The SMILES string of the molecule is CCCCCC(Cl)CC(=O)c1ccc(OC(=O)c2ccc(F)cc2)cc1. The van der Waals surface area contributed by atoms with Crippen molar-refractivity contribution >= 4 is 23.4 Å². The molecule has 0 saturated heterocycles. The van der Waals surface area contributed by atoms with Crippen molar-refractivity contribution in [3.05, 3.63) is 65.5 Å². The molecule has 0 heterocycles. The first-order valence-electron chi connectivity index (χ1n) is 8.74. The number of ketones is 1. The van der Waals surface area contributed by atoms with Gasteiger partial charge in [0.2, 0.25) is 0 Å². The molecule has 0 aliphatic heterocycles. The summed E-state index contributed by atoms with van der Waals surface area (Å²) in [6.07, 6.45) is 4.38. The number of unbranched alkanes of at least 4 members (excludes halogenated alkanes) is 2. The largest absolute Gasteiger partial charge is 0.423 e. The first kappa shape index (κ1) is 20.1. The minimum absolute atomic E-state index is 0.0297. The summed E-state index contributed by atoms with van der Waals surface area (Å²) < 4.78 is 18.1. The molecule has 0 aromatic heterocycles. The van der Waals surface area contributed by atoms with Crippen LogP contribution in [0.2, 0.25) is 0 Å². The number of benzene rings is 2. The number of alkyl halides is 1. The van der Waals surface area contributed by atoms with Crippen LogP contribution in [0.25, 0.3) is 0 Å². The number of ether oxygens (including phenoxy) is 1. The predicted octanol–water partition coefficient (Wildman–Crippen LogP) is 5.81. The predicted molar refractivity (Wildman–Crippen MR) is 101 cm³/mol. The van der Waals surface area contributed by atoms with E-state index in [0.29, 0.717) is 17.7 Å². The van der Waals surface area contributed by atoms with Crippen LogP contribution in [0.1, 0.15) is 59.7 Å². The van der Waals surface area contributed by atoms with Crippen molar-refractivity contribution in [2.24, 2.45) is 0 Å². The monoisotopic (exact) mass is 376 g/mol. The highest BCUT2D eigenvalue weighted by atomic mass is 35.5. The van der Waals surface area contributed by atoms with Gasteiger partial charge in [0, 0.05) is 17.4 Å². The smallest absolute Gasteiger partial charge is 0.343 e. The molecule has 0 fully saturated rings. The Balaban J connectivity index is 1.89. The maximum absolute atomic E-state index is 12.9. The zero-order chi connectivity index (χ0) is 18.9. The molecular weight excluding hydrogens is 355 g/mol. The molecule has 2 aromatic carbocycles. The summed E-state index contributed by atoms with van der Waals surface area (Å²) in [6.45, 7) is 2.12. The van der Waals surface area contributed by atoms with E-state index in [9.17, 15) is 14.0 Å². The van der Waals surface area contributed by atoms with Crippen molar-refractivity contribution < 1.29 is 18.7 Å². The molecular formula is C21H22ClFO3. The van der Waals surface area contributed by atoms with Crippen LogP contribution in [0, 0.1) is 5.82 Å². The maximum Gasteiger partial charge on any atom is 0.343 e. The van der Waals surface area contributed by atoms with Crippen LogP contribution < -0.4 is 4.74 Å². The Bertz CT molecular complexity index is 726. The Morgan fingerprint density at radius 3 is 2.23 bits per heavy atom. The third kappa shape index (κ3) is 6.26. The molecule has 0 amide bonds. The number of rotatable bonds is 9. The van der Waals surface area contributed by atoms with Gasteiger partial charge in [-0.05, 0) is 55.0 Å². The van der Waals surface area contributed by atoms with E-state index in [-0.39, 0.29) is 16.7 Å². The van der Waals surface area contributed by atoms with Gasteiger partial charge < -0.3 is 4.74 Å². The van der Waals surface area contributed by atoms with Gasteiger partial charge in [0.05, 0.1) is 5.56 Å². The van der Waals surface area contributed by atoms with Gasteiger partial charge in [0.25, 0.3) is 0 Å². The molecule has 0 aliphatic rings. The molecule has 0 spiro atoms. The lowest BCUT2D eigenvalue weighted by molar-refractivity contribution is 0.0734. The number of hydrogen-bond acceptors (Lipinski definition) is 3. The Labute approximate surface area is 158 Å². The van der Waals surface area contributed by atoms with Gasteiger partial charge in [0.1, 0.15) is 11.6 Å². The zero-order valence-corrected chi connectivity index (χ0v) is 15.5. The first-order valence-corrected chi connectivity index (χ1v) is 9.18. The average Bonchev–Trinajstić information content (AvgIpc) is 2.63. The Morgan fingerprint density at radius 2 is 1.62 bits per heavy atom. The third-order valence-corrected chi connectivity index (χ3v) is 4.37. The maximum atomic E-state index is 12.9. The fourth-order valence-corrected chi connectivity index (χ4v) is 2.79. The summed E-state index contributed by atoms with van der Waals surface area (Å²) in [5.74, 6) is -0.711. The minimum atomic E-state index is -0.583. The summed E-state index contributed by atoms with van der Waals surface area (Å²) in [4.78, 5) is 24.2. The summed E-state index contributed by atoms with van der Waals surface area (Å²) >= 11 is 6.22. The molecule has 1 atom stereocenters. The second-order valence-corrected chi connectivity index (χ2v) is 6.76. The van der Waals surface area contributed by atoms with Crippen LogP contribution in [-0.2, 0) is 0 Å². The quantitative estimate of drug-likeness (QED) is 0.182. The molecule has 0 saturated carbocycles. The van der Waals surface area contributed by atoms with Crippen LogP contribution in [-0.4, -0.2) is 17.1 Å². The summed E-state index contributed by atoms with van der Waals surface area (Å²) in [6, 6.07) is 11.5. The molecule has 0 N–H and O–H groups in total. The topological polar surface area (TPSA) is 43.4 Å². The van der Waals surface area contributed by atoms with E-state index in [4.69, 9.17) is 16.3 Å². The normalized spacial score (nSPS) is 11.8. The van der Waals surface area contributed by atoms with E-state index < -0.39 is 11.8 Å². The molecule has 138 valence electrons. The fraction of sp³-hybridized carbons (Fsp3) is 0.333. The van der Waals surface area contributed by atoms with E-state index in [1.54, 1.807) is 24.3 Å². The van der Waals surface area contributed by atoms with Crippen LogP contribution in [0.5, 0.6) is 5.75 Å². The van der Waals surface area contributed by atoms with Crippen molar-refractivity contribution in [1.29, 1.82) is 0 Å². The lowest BCUT2D eigenvalue weighted by Crippen LogP contribution is -2.10. The van der Waals surface area contributed by atoms with Crippen molar-refractivity contribution in [3.8, 4) is 5.75 Å². The molecule has 0 radical (unpaired) electrons. The minimum Gasteiger partial charge on any atom is -0.423 e. The van der Waals surface area contributed by atoms with Gasteiger partial charge in [-0.15, -0.1) is 11.6 Å². The summed E-state index contributed by atoms with van der Waals surface area (Å²) in [5.41, 5.74) is 0.788. The van der Waals surface area contributed by atoms with E-state index in [2.05, 4.69) is 6.92 Å². The number of esters is 1. The highest BCUT2D eigenvalue weighted by molar-refractivity contribution is 6.22. The molecule has 3 nitrogen and oxygen atoms in total. The number of halogens is 2. The van der Waals surface area contributed by atoms with E-state index in [0.717, 1.165) is 25.7 Å². The lowest BCUT2D eigenvalue weighted by atomic mass is 10.0. The van der Waals surface area contributed by atoms with Crippen molar-refractivity contribution in [2.45, 2.75) is 44.4 Å². The molecule has 26 heavy (non-hydrogen) atoms. The van der Waals surface area contributed by atoms with Crippen LogP contribution in [0.15, 0.2) is 48.5 Å². The number of carbonyl (C=O) groups is 2. The zero-order valence-electron chi connectivity index (χ0n) is 14.7. The van der Waals surface area contributed by atoms with Gasteiger partial charge >= 0.3 is 5.97 Å². The van der Waals surface area contributed by atoms with Crippen LogP contribution >= 0.6 is 11.6 Å². The Kier molecular flexibility index (Phi) is 7.79. The van der Waals surface area contributed by atoms with Crippen molar-refractivity contribution in [1.82, 2.24) is 0 Å². The molecule has 2 rings (SSSR count). The number of hydrogen-bond donors (Lipinski definition) is 0. The van der Waals surface area contributed by atoms with Crippen molar-refractivity contribution in [3.63, 3.8) is 0 Å². The molecule has 0 aliphatic carbocycles. The average molecular weight is 377 g/mol. The highest BCUT2D eigenvalue weighted by Crippen LogP contribution is 2.19. The fourth-order valence-electron chi connectivity index (χ4n) is 2.50. The number of Topliss-reactive ketones (excluding diaryl/α,β-unsaturated/α-hetero) is 1. The third-order valence-electron chi connectivity index (χ3n) is 3.99. The van der Waals surface area contributed by atoms with Gasteiger partial charge in [-0.3, -0.25) is 4.79 Å². The second kappa shape index (κ2) is 10.1. The van der Waals surface area contributed by atoms with E-state index in [1.807, 2.05) is 0 Å². The second-order valence-electron chi connectivity index (χ2n) is 6.14. The van der Waals surface area contributed by atoms with E-state index >= 15 is 0 Å². The molecule has 1 unspecified atom stereocenters. The standard InChI is InChI=1S/C21H22ClFO3/c1-2-3-4-5-17(22)14-20(24)15-8-12-19(13-9-15)26-21(25)16-6-10-18(23)11-7-16/h6-13,17H,2-5,14H2,1H3. The summed E-state index contributed by atoms with van der Waals surface area (Å²) in [5, 5.41) is -0.162. The van der Waals surface area contributed by atoms with Crippen LogP contribution in [0.4, 0.5) is 4.39 Å². The van der Waals surface area contributed by atoms with Gasteiger partial charge in [-0.25, -0.2) is 9.18 Å². The highest BCUT2D eigenvalue weighted by Gasteiger charge is 2.14. The molecule has 0 bridgehead atoms. The van der Waals surface area contributed by atoms with Gasteiger partial charge in [0.15, 0.2) is 5.78 Å². The number of carbonyl (C=O) groups excluding carboxylic acids is 2. The molecule has 5 heteroatoms.